The molecule has 0 saturated heterocycles. The van der Waals surface area contributed by atoms with Crippen LogP contribution >= 0.6 is 0 Å². The van der Waals surface area contributed by atoms with E-state index in [1.54, 1.807) is 19.3 Å². The van der Waals surface area contributed by atoms with Crippen molar-refractivity contribution in [2.45, 2.75) is 26.2 Å². The minimum absolute atomic E-state index is 0.197. The number of ketones is 1. The Morgan fingerprint density at radius 1 is 1.57 bits per heavy atom. The van der Waals surface area contributed by atoms with E-state index in [0.29, 0.717) is 12.8 Å². The summed E-state index contributed by atoms with van der Waals surface area (Å²) in [5.74, 6) is 5.68. The summed E-state index contributed by atoms with van der Waals surface area (Å²) < 4.78 is 0. The maximum Gasteiger partial charge on any atom is 0.145 e. The molecule has 0 spiro atoms. The Bertz CT molecular complexity index is 346. The fourth-order valence-corrected chi connectivity index (χ4v) is 1.11. The smallest absolute Gasteiger partial charge is 0.145 e. The van der Waals surface area contributed by atoms with E-state index >= 15 is 0 Å². The van der Waals surface area contributed by atoms with Gasteiger partial charge in [0.25, 0.3) is 0 Å². The Labute approximate surface area is 84.4 Å². The van der Waals surface area contributed by atoms with Crippen molar-refractivity contribution in [1.29, 1.82) is 0 Å². The van der Waals surface area contributed by atoms with E-state index in [9.17, 15) is 4.79 Å². The number of pyridine rings is 1. The van der Waals surface area contributed by atoms with Gasteiger partial charge in [-0.15, -0.1) is 5.92 Å². The molecule has 2 heteroatoms. The third-order valence-corrected chi connectivity index (χ3v) is 1.88. The molecule has 1 aromatic heterocycles. The Kier molecular flexibility index (Phi) is 4.43. The topological polar surface area (TPSA) is 30.0 Å². The molecule has 0 aliphatic rings. The molecule has 1 heterocycles. The van der Waals surface area contributed by atoms with Gasteiger partial charge in [-0.05, 0) is 25.0 Å². The highest BCUT2D eigenvalue weighted by atomic mass is 16.1. The van der Waals surface area contributed by atoms with Crippen LogP contribution in [0.3, 0.4) is 0 Å². The van der Waals surface area contributed by atoms with Gasteiger partial charge in [0.15, 0.2) is 0 Å². The molecule has 2 nitrogen and oxygen atoms in total. The molecule has 0 unspecified atom stereocenters. The molecular formula is C12H13NO. The summed E-state index contributed by atoms with van der Waals surface area (Å²) in [6, 6.07) is 3.86. The van der Waals surface area contributed by atoms with Crippen LogP contribution in [0, 0.1) is 11.8 Å². The number of carbonyl (C=O) groups is 1. The normalized spacial score (nSPS) is 8.93. The van der Waals surface area contributed by atoms with Crippen LogP contribution in [0.1, 0.15) is 25.3 Å². The van der Waals surface area contributed by atoms with Crippen LogP contribution in [-0.4, -0.2) is 10.8 Å². The van der Waals surface area contributed by atoms with E-state index < -0.39 is 0 Å². The molecular weight excluding hydrogens is 174 g/mol. The lowest BCUT2D eigenvalue weighted by molar-refractivity contribution is -0.118. The average molecular weight is 187 g/mol. The van der Waals surface area contributed by atoms with E-state index in [-0.39, 0.29) is 5.78 Å². The van der Waals surface area contributed by atoms with Gasteiger partial charge < -0.3 is 0 Å². The molecule has 0 N–H and O–H groups in total. The molecule has 0 aliphatic carbocycles. The standard InChI is InChI=1S/C12H13NO/c1-2-3-6-12(14)8-7-11-5-4-9-13-10-11/h4-5,9-10H,6-8H2,1H3. The van der Waals surface area contributed by atoms with Crippen LogP contribution in [0.5, 0.6) is 0 Å². The van der Waals surface area contributed by atoms with Gasteiger partial charge in [-0.2, -0.15) is 0 Å². The summed E-state index contributed by atoms with van der Waals surface area (Å²) in [5.41, 5.74) is 1.10. The predicted octanol–water partition coefficient (Wildman–Crippen LogP) is 2.00. The lowest BCUT2D eigenvalue weighted by atomic mass is 10.1. The average Bonchev–Trinajstić information content (AvgIpc) is 2.25. The number of hydrogen-bond acceptors (Lipinski definition) is 2. The van der Waals surface area contributed by atoms with E-state index in [4.69, 9.17) is 0 Å². The fourth-order valence-electron chi connectivity index (χ4n) is 1.11. The predicted molar refractivity (Wildman–Crippen MR) is 55.6 cm³/mol. The third kappa shape index (κ3) is 3.86. The van der Waals surface area contributed by atoms with Crippen molar-refractivity contribution in [3.05, 3.63) is 30.1 Å². The Morgan fingerprint density at radius 2 is 2.43 bits per heavy atom. The van der Waals surface area contributed by atoms with Crippen LogP contribution in [0.2, 0.25) is 0 Å². The van der Waals surface area contributed by atoms with Gasteiger partial charge in [-0.3, -0.25) is 9.78 Å². The van der Waals surface area contributed by atoms with Crippen LogP contribution in [0.15, 0.2) is 24.5 Å². The van der Waals surface area contributed by atoms with E-state index in [2.05, 4.69) is 16.8 Å². The zero-order valence-corrected chi connectivity index (χ0v) is 8.29. The summed E-state index contributed by atoms with van der Waals surface area (Å²) in [4.78, 5) is 15.2. The maximum atomic E-state index is 11.3. The lowest BCUT2D eigenvalue weighted by Crippen LogP contribution is -1.98. The zero-order chi connectivity index (χ0) is 10.2. The van der Waals surface area contributed by atoms with Gasteiger partial charge in [0, 0.05) is 18.8 Å². The molecule has 0 aliphatic heterocycles. The molecule has 0 aromatic carbocycles. The number of Topliss-reactive ketones (excluding diaryl/α,β-unsaturated/α-hetero) is 1. The summed E-state index contributed by atoms with van der Waals surface area (Å²) >= 11 is 0. The molecule has 0 radical (unpaired) electrons. The molecule has 0 fully saturated rings. The molecule has 72 valence electrons. The summed E-state index contributed by atoms with van der Waals surface area (Å²) in [7, 11) is 0. The number of aryl methyl sites for hydroxylation is 1. The quantitative estimate of drug-likeness (QED) is 0.675. The zero-order valence-electron chi connectivity index (χ0n) is 8.29. The highest BCUT2D eigenvalue weighted by Gasteiger charge is 2.00. The van der Waals surface area contributed by atoms with Crippen molar-refractivity contribution in [2.75, 3.05) is 0 Å². The summed E-state index contributed by atoms with van der Waals surface area (Å²) in [5, 5.41) is 0. The first-order valence-corrected chi connectivity index (χ1v) is 4.63. The molecule has 1 rings (SSSR count). The van der Waals surface area contributed by atoms with Gasteiger partial charge >= 0.3 is 0 Å². The van der Waals surface area contributed by atoms with Crippen molar-refractivity contribution in [3.63, 3.8) is 0 Å². The van der Waals surface area contributed by atoms with Gasteiger partial charge in [-0.1, -0.05) is 12.0 Å². The fraction of sp³-hybridized carbons (Fsp3) is 0.333. The molecule has 0 saturated carbocycles. The first-order chi connectivity index (χ1) is 6.83. The molecule has 0 atom stereocenters. The van der Waals surface area contributed by atoms with E-state index in [0.717, 1.165) is 12.0 Å². The lowest BCUT2D eigenvalue weighted by Gasteiger charge is -1.97. The second kappa shape index (κ2) is 5.93. The van der Waals surface area contributed by atoms with Gasteiger partial charge in [0.1, 0.15) is 5.78 Å². The highest BCUT2D eigenvalue weighted by molar-refractivity contribution is 5.80. The van der Waals surface area contributed by atoms with Crippen LogP contribution in [0.4, 0.5) is 0 Å². The highest BCUT2D eigenvalue weighted by Crippen LogP contribution is 2.01. The number of carbonyl (C=O) groups excluding carboxylic acids is 1. The third-order valence-electron chi connectivity index (χ3n) is 1.88. The van der Waals surface area contributed by atoms with Crippen molar-refractivity contribution < 1.29 is 4.79 Å². The maximum absolute atomic E-state index is 11.3. The molecule has 0 amide bonds. The van der Waals surface area contributed by atoms with Gasteiger partial charge in [0.2, 0.25) is 0 Å². The van der Waals surface area contributed by atoms with E-state index in [1.165, 1.54) is 0 Å². The Morgan fingerprint density at radius 3 is 3.07 bits per heavy atom. The number of hydrogen-bond donors (Lipinski definition) is 0. The molecule has 1 aromatic rings. The Hall–Kier alpha value is -1.62. The van der Waals surface area contributed by atoms with Gasteiger partial charge in [0.05, 0.1) is 6.42 Å². The largest absolute Gasteiger partial charge is 0.299 e. The minimum atomic E-state index is 0.197. The minimum Gasteiger partial charge on any atom is -0.299 e. The molecule has 0 bridgehead atoms. The van der Waals surface area contributed by atoms with Crippen molar-refractivity contribution >= 4 is 5.78 Å². The SMILES string of the molecule is CC#CCC(=O)CCc1cccnc1. The second-order valence-corrected chi connectivity index (χ2v) is 3.00. The molecule has 14 heavy (non-hydrogen) atoms. The Balaban J connectivity index is 2.33. The summed E-state index contributed by atoms with van der Waals surface area (Å²) in [6.07, 6.45) is 5.21. The van der Waals surface area contributed by atoms with Crippen molar-refractivity contribution in [1.82, 2.24) is 4.98 Å². The van der Waals surface area contributed by atoms with E-state index in [1.807, 2.05) is 12.1 Å². The first-order valence-electron chi connectivity index (χ1n) is 4.63. The van der Waals surface area contributed by atoms with Crippen LogP contribution in [0.25, 0.3) is 0 Å². The second-order valence-electron chi connectivity index (χ2n) is 3.00. The number of rotatable bonds is 4. The number of aromatic nitrogens is 1. The van der Waals surface area contributed by atoms with Crippen LogP contribution in [-0.2, 0) is 11.2 Å². The monoisotopic (exact) mass is 187 g/mol. The van der Waals surface area contributed by atoms with Gasteiger partial charge in [-0.25, -0.2) is 0 Å². The van der Waals surface area contributed by atoms with Crippen molar-refractivity contribution in [2.24, 2.45) is 0 Å². The van der Waals surface area contributed by atoms with Crippen LogP contribution < -0.4 is 0 Å². The number of nitrogens with zero attached hydrogens (tertiary/aromatic N) is 1. The summed E-state index contributed by atoms with van der Waals surface area (Å²) in [6.45, 7) is 1.74. The first kappa shape index (κ1) is 10.5. The van der Waals surface area contributed by atoms with Crippen molar-refractivity contribution in [3.8, 4) is 11.8 Å².